The fourth-order valence-corrected chi connectivity index (χ4v) is 4.24. The van der Waals surface area contributed by atoms with Gasteiger partial charge in [-0.1, -0.05) is 25.1 Å². The van der Waals surface area contributed by atoms with E-state index in [1.54, 1.807) is 61.5 Å². The number of amides is 2. The van der Waals surface area contributed by atoms with Gasteiger partial charge in [0.2, 0.25) is 0 Å². The summed E-state index contributed by atoms with van der Waals surface area (Å²) in [5, 5.41) is 6.37. The molecule has 0 saturated carbocycles. The molecule has 1 heterocycles. The fourth-order valence-electron chi connectivity index (χ4n) is 4.24. The van der Waals surface area contributed by atoms with Gasteiger partial charge in [0, 0.05) is 50.6 Å². The molecule has 0 spiro atoms. The van der Waals surface area contributed by atoms with Crippen LogP contribution in [0, 0.1) is 5.92 Å². The van der Waals surface area contributed by atoms with Crippen molar-refractivity contribution in [3.63, 3.8) is 0 Å². The largest absolute Gasteiger partial charge is 0.491 e. The van der Waals surface area contributed by atoms with Crippen LogP contribution in [0.4, 0.5) is 5.69 Å². The molecule has 8 heteroatoms. The van der Waals surface area contributed by atoms with E-state index in [0.717, 1.165) is 12.3 Å². The highest BCUT2D eigenvalue weighted by Crippen LogP contribution is 2.27. The molecular formula is C30H35N3O5. The predicted molar refractivity (Wildman–Crippen MR) is 147 cm³/mol. The third-order valence-electron chi connectivity index (χ3n) is 6.58. The van der Waals surface area contributed by atoms with Gasteiger partial charge in [0.25, 0.3) is 11.8 Å². The van der Waals surface area contributed by atoms with E-state index in [9.17, 15) is 9.59 Å². The second-order valence-electron chi connectivity index (χ2n) is 9.66. The average Bonchev–Trinajstić information content (AvgIpc) is 2.93. The molecule has 2 N–H and O–H groups in total. The van der Waals surface area contributed by atoms with Crippen molar-refractivity contribution >= 4 is 17.5 Å². The minimum Gasteiger partial charge on any atom is -0.491 e. The maximum Gasteiger partial charge on any atom is 0.257 e. The number of anilines is 1. The van der Waals surface area contributed by atoms with Gasteiger partial charge in [0.1, 0.15) is 23.9 Å². The van der Waals surface area contributed by atoms with Gasteiger partial charge < -0.3 is 29.7 Å². The third-order valence-corrected chi connectivity index (χ3v) is 6.58. The van der Waals surface area contributed by atoms with Crippen LogP contribution in [0.2, 0.25) is 0 Å². The number of methoxy groups -OCH3 is 1. The van der Waals surface area contributed by atoms with Crippen LogP contribution >= 0.6 is 0 Å². The van der Waals surface area contributed by atoms with Crippen molar-refractivity contribution in [2.75, 3.05) is 39.2 Å². The fraction of sp³-hybridized carbons (Fsp3) is 0.333. The minimum absolute atomic E-state index is 0.0601. The molecule has 3 aromatic carbocycles. The van der Waals surface area contributed by atoms with Gasteiger partial charge in [-0.3, -0.25) is 9.59 Å². The van der Waals surface area contributed by atoms with E-state index in [0.29, 0.717) is 41.5 Å². The van der Waals surface area contributed by atoms with Crippen LogP contribution in [0.25, 0.3) is 0 Å². The van der Waals surface area contributed by atoms with Crippen molar-refractivity contribution in [3.05, 3.63) is 83.9 Å². The SMILES string of the molecule is CO[C@@H]1CN(C)C(=O)c2ccc(NC(=O)c3ccc(Oc4ccccc4)cc3)cc2OC[C@H](C)NC[C@H]1C. The third kappa shape index (κ3) is 6.90. The van der Waals surface area contributed by atoms with Crippen LogP contribution < -0.4 is 20.1 Å². The van der Waals surface area contributed by atoms with E-state index < -0.39 is 0 Å². The van der Waals surface area contributed by atoms with Crippen molar-refractivity contribution in [1.29, 1.82) is 0 Å². The summed E-state index contributed by atoms with van der Waals surface area (Å²) in [5.41, 5.74) is 1.44. The van der Waals surface area contributed by atoms with Crippen LogP contribution in [0.15, 0.2) is 72.8 Å². The van der Waals surface area contributed by atoms with E-state index in [2.05, 4.69) is 17.6 Å². The zero-order valence-electron chi connectivity index (χ0n) is 22.3. The van der Waals surface area contributed by atoms with Crippen molar-refractivity contribution in [2.24, 2.45) is 5.92 Å². The summed E-state index contributed by atoms with van der Waals surface area (Å²) in [6.07, 6.45) is -0.101. The van der Waals surface area contributed by atoms with Gasteiger partial charge in [-0.15, -0.1) is 0 Å². The zero-order chi connectivity index (χ0) is 27.1. The van der Waals surface area contributed by atoms with Crippen LogP contribution in [0.3, 0.4) is 0 Å². The first-order chi connectivity index (χ1) is 18.3. The number of nitrogens with zero attached hydrogens (tertiary/aromatic N) is 1. The summed E-state index contributed by atoms with van der Waals surface area (Å²) in [6, 6.07) is 21.5. The average molecular weight is 518 g/mol. The van der Waals surface area contributed by atoms with Gasteiger partial charge >= 0.3 is 0 Å². The molecule has 4 rings (SSSR count). The second-order valence-corrected chi connectivity index (χ2v) is 9.66. The Labute approximate surface area is 223 Å². The van der Waals surface area contributed by atoms with Crippen molar-refractivity contribution in [1.82, 2.24) is 10.2 Å². The predicted octanol–water partition coefficient (Wildman–Crippen LogP) is 4.82. The molecule has 0 fully saturated rings. The Morgan fingerprint density at radius 1 is 1.03 bits per heavy atom. The summed E-state index contributed by atoms with van der Waals surface area (Å²) >= 11 is 0. The number of rotatable bonds is 5. The molecular weight excluding hydrogens is 482 g/mol. The first kappa shape index (κ1) is 27.2. The molecule has 0 saturated heterocycles. The lowest BCUT2D eigenvalue weighted by Crippen LogP contribution is -2.44. The summed E-state index contributed by atoms with van der Waals surface area (Å²) < 4.78 is 17.5. The smallest absolute Gasteiger partial charge is 0.257 e. The van der Waals surface area contributed by atoms with Gasteiger partial charge in [0.15, 0.2) is 0 Å². The summed E-state index contributed by atoms with van der Waals surface area (Å²) in [6.45, 7) is 5.70. The number of ether oxygens (including phenoxy) is 3. The van der Waals surface area contributed by atoms with Crippen molar-refractivity contribution < 1.29 is 23.8 Å². The number of hydrogen-bond acceptors (Lipinski definition) is 6. The zero-order valence-corrected chi connectivity index (χ0v) is 22.3. The quantitative estimate of drug-likeness (QED) is 0.504. The van der Waals surface area contributed by atoms with Crippen LogP contribution in [0.1, 0.15) is 34.6 Å². The molecule has 0 unspecified atom stereocenters. The van der Waals surface area contributed by atoms with Crippen LogP contribution in [-0.4, -0.2) is 62.7 Å². The van der Waals surface area contributed by atoms with E-state index in [1.165, 1.54) is 0 Å². The summed E-state index contributed by atoms with van der Waals surface area (Å²) in [5.74, 6) is 1.55. The number of fused-ring (bicyclic) bond motifs is 1. The van der Waals surface area contributed by atoms with Crippen molar-refractivity contribution in [3.8, 4) is 17.2 Å². The summed E-state index contributed by atoms with van der Waals surface area (Å²) in [4.78, 5) is 27.9. The molecule has 1 aliphatic rings. The monoisotopic (exact) mass is 517 g/mol. The Hall–Kier alpha value is -3.88. The Morgan fingerprint density at radius 2 is 1.74 bits per heavy atom. The Bertz CT molecular complexity index is 1230. The number of nitrogens with one attached hydrogen (secondary N) is 2. The molecule has 0 aromatic heterocycles. The lowest BCUT2D eigenvalue weighted by atomic mass is 10.0. The van der Waals surface area contributed by atoms with Crippen molar-refractivity contribution in [2.45, 2.75) is 26.0 Å². The van der Waals surface area contributed by atoms with E-state index >= 15 is 0 Å². The van der Waals surface area contributed by atoms with Gasteiger partial charge in [0.05, 0.1) is 11.7 Å². The van der Waals surface area contributed by atoms with Gasteiger partial charge in [-0.2, -0.15) is 0 Å². The van der Waals surface area contributed by atoms with Gasteiger partial charge in [-0.25, -0.2) is 0 Å². The topological polar surface area (TPSA) is 89.1 Å². The number of para-hydroxylation sites is 1. The molecule has 2 amide bonds. The highest BCUT2D eigenvalue weighted by Gasteiger charge is 2.25. The highest BCUT2D eigenvalue weighted by molar-refractivity contribution is 6.05. The normalized spacial score (nSPS) is 20.4. The number of likely N-dealkylation sites (N-methyl/N-ethyl adjacent to an activating group) is 1. The van der Waals surface area contributed by atoms with E-state index in [4.69, 9.17) is 14.2 Å². The molecule has 0 bridgehead atoms. The highest BCUT2D eigenvalue weighted by atomic mass is 16.5. The Morgan fingerprint density at radius 3 is 2.45 bits per heavy atom. The first-order valence-corrected chi connectivity index (χ1v) is 12.8. The number of carbonyl (C=O) groups is 2. The molecule has 38 heavy (non-hydrogen) atoms. The molecule has 3 atom stereocenters. The molecule has 200 valence electrons. The summed E-state index contributed by atoms with van der Waals surface area (Å²) in [7, 11) is 3.43. The molecule has 0 aliphatic carbocycles. The lowest BCUT2D eigenvalue weighted by molar-refractivity contribution is 0.0281. The Kier molecular flexibility index (Phi) is 8.99. The second kappa shape index (κ2) is 12.6. The first-order valence-electron chi connectivity index (χ1n) is 12.8. The Balaban J connectivity index is 1.49. The maximum absolute atomic E-state index is 13.3. The molecule has 3 aromatic rings. The number of carbonyl (C=O) groups excluding carboxylic acids is 2. The van der Waals surface area contributed by atoms with Gasteiger partial charge in [-0.05, 0) is 61.4 Å². The number of benzene rings is 3. The minimum atomic E-state index is -0.278. The maximum atomic E-state index is 13.3. The lowest BCUT2D eigenvalue weighted by Gasteiger charge is -2.30. The molecule has 8 nitrogen and oxygen atoms in total. The molecule has 0 radical (unpaired) electrons. The van der Waals surface area contributed by atoms with Crippen LogP contribution in [-0.2, 0) is 4.74 Å². The van der Waals surface area contributed by atoms with Crippen LogP contribution in [0.5, 0.6) is 17.2 Å². The van der Waals surface area contributed by atoms with E-state index in [-0.39, 0.29) is 29.9 Å². The molecule has 1 aliphatic heterocycles. The van der Waals surface area contributed by atoms with E-state index in [1.807, 2.05) is 37.3 Å². The standard InChI is InChI=1S/C30H35N3O5/c1-20-17-31-21(2)19-37-27-16-23(12-15-26(27)30(35)33(3)18-28(20)36-4)32-29(34)22-10-13-25(14-11-22)38-24-8-6-5-7-9-24/h5-16,20-21,28,31H,17-19H2,1-4H3,(H,32,34)/t20-,21+,28-/m1/s1. The number of hydrogen-bond donors (Lipinski definition) is 2.